The summed E-state index contributed by atoms with van der Waals surface area (Å²) in [5.41, 5.74) is 0.668. The van der Waals surface area contributed by atoms with Gasteiger partial charge >= 0.3 is 0 Å². The Labute approximate surface area is 106 Å². The number of rotatable bonds is 2. The zero-order valence-corrected chi connectivity index (χ0v) is 10.2. The quantitative estimate of drug-likeness (QED) is 0.798. The molecule has 2 fully saturated rings. The Hall–Kier alpha value is -1.33. The van der Waals surface area contributed by atoms with E-state index in [2.05, 4.69) is 0 Å². The molecule has 2 atom stereocenters. The van der Waals surface area contributed by atoms with Crippen LogP contribution in [0.4, 0.5) is 0 Å². The lowest BCUT2D eigenvalue weighted by molar-refractivity contribution is 0.0572. The minimum atomic E-state index is -0.818. The van der Waals surface area contributed by atoms with E-state index in [1.54, 1.807) is 0 Å². The molecule has 98 valence electrons. The largest absolute Gasteiger partial charge is 0.388 e. The lowest BCUT2D eigenvalue weighted by Gasteiger charge is -2.29. The van der Waals surface area contributed by atoms with Gasteiger partial charge in [-0.2, -0.15) is 0 Å². The van der Waals surface area contributed by atoms with Crippen LogP contribution in [-0.4, -0.2) is 50.9 Å². The average Bonchev–Trinajstić information content (AvgIpc) is 2.84. The van der Waals surface area contributed by atoms with Gasteiger partial charge in [-0.25, -0.2) is 0 Å². The number of β-amino-alcohol motifs (C(OH)–C–C–N with tert-alkyl or cyclic N) is 2. The van der Waals surface area contributed by atoms with Gasteiger partial charge in [0.1, 0.15) is 5.69 Å². The maximum absolute atomic E-state index is 12.3. The number of likely N-dealkylation sites (tertiary alicyclic amines) is 1. The van der Waals surface area contributed by atoms with E-state index < -0.39 is 12.2 Å². The summed E-state index contributed by atoms with van der Waals surface area (Å²) in [6.07, 6.45) is 3.78. The Kier molecular flexibility index (Phi) is 2.87. The number of nitrogens with zero attached hydrogens (tertiary/aromatic N) is 2. The van der Waals surface area contributed by atoms with Crippen LogP contribution >= 0.6 is 0 Å². The molecule has 2 aliphatic rings. The van der Waals surface area contributed by atoms with Crippen molar-refractivity contribution < 1.29 is 15.0 Å². The fraction of sp³-hybridized carbons (Fsp3) is 0.615. The van der Waals surface area contributed by atoms with Crippen molar-refractivity contribution in [2.75, 3.05) is 13.1 Å². The average molecular weight is 250 g/mol. The van der Waals surface area contributed by atoms with E-state index in [-0.39, 0.29) is 19.0 Å². The van der Waals surface area contributed by atoms with Gasteiger partial charge < -0.3 is 19.7 Å². The Morgan fingerprint density at radius 1 is 1.22 bits per heavy atom. The minimum absolute atomic E-state index is 0.0949. The van der Waals surface area contributed by atoms with E-state index in [0.29, 0.717) is 11.7 Å². The van der Waals surface area contributed by atoms with E-state index in [0.717, 1.165) is 12.8 Å². The molecule has 5 nitrogen and oxygen atoms in total. The van der Waals surface area contributed by atoms with Gasteiger partial charge in [-0.15, -0.1) is 0 Å². The van der Waals surface area contributed by atoms with E-state index >= 15 is 0 Å². The lowest BCUT2D eigenvalue weighted by atomic mass is 9.93. The third-order valence-corrected chi connectivity index (χ3v) is 4.01. The number of hydrogen-bond acceptors (Lipinski definition) is 3. The maximum Gasteiger partial charge on any atom is 0.270 e. The molecule has 2 N–H and O–H groups in total. The summed E-state index contributed by atoms with van der Waals surface area (Å²) in [4.78, 5) is 13.9. The van der Waals surface area contributed by atoms with Crippen LogP contribution in [0.1, 0.15) is 35.8 Å². The van der Waals surface area contributed by atoms with Crippen LogP contribution in [0.2, 0.25) is 0 Å². The highest BCUT2D eigenvalue weighted by molar-refractivity contribution is 5.93. The molecule has 0 aromatic carbocycles. The van der Waals surface area contributed by atoms with Gasteiger partial charge in [-0.3, -0.25) is 4.79 Å². The lowest BCUT2D eigenvalue weighted by Crippen LogP contribution is -2.32. The summed E-state index contributed by atoms with van der Waals surface area (Å²) in [6.45, 7) is 0.436. The van der Waals surface area contributed by atoms with Crippen molar-refractivity contribution in [3.05, 3.63) is 24.0 Å². The molecule has 2 unspecified atom stereocenters. The van der Waals surface area contributed by atoms with Crippen LogP contribution in [0.5, 0.6) is 0 Å². The van der Waals surface area contributed by atoms with Crippen molar-refractivity contribution in [2.24, 2.45) is 0 Å². The van der Waals surface area contributed by atoms with Crippen LogP contribution < -0.4 is 0 Å². The molecule has 0 radical (unpaired) electrons. The highest BCUT2D eigenvalue weighted by atomic mass is 16.3. The van der Waals surface area contributed by atoms with Crippen LogP contribution in [0.3, 0.4) is 0 Å². The third kappa shape index (κ3) is 1.83. The summed E-state index contributed by atoms with van der Waals surface area (Å²) < 4.78 is 2.03. The molecule has 0 bridgehead atoms. The molecule has 1 aliphatic carbocycles. The minimum Gasteiger partial charge on any atom is -0.388 e. The van der Waals surface area contributed by atoms with Crippen LogP contribution in [0, 0.1) is 0 Å². The molecule has 3 rings (SSSR count). The molecular weight excluding hydrogens is 232 g/mol. The van der Waals surface area contributed by atoms with Crippen molar-refractivity contribution in [1.29, 1.82) is 0 Å². The number of aliphatic hydroxyl groups is 2. The van der Waals surface area contributed by atoms with Crippen molar-refractivity contribution >= 4 is 5.91 Å². The van der Waals surface area contributed by atoms with Crippen LogP contribution in [0.25, 0.3) is 0 Å². The molecular formula is C13H18N2O3. The maximum atomic E-state index is 12.3. The zero-order chi connectivity index (χ0) is 12.7. The molecule has 18 heavy (non-hydrogen) atoms. The predicted molar refractivity (Wildman–Crippen MR) is 65.2 cm³/mol. The van der Waals surface area contributed by atoms with Crippen LogP contribution in [-0.2, 0) is 0 Å². The molecule has 1 saturated carbocycles. The summed E-state index contributed by atoms with van der Waals surface area (Å²) in [6, 6.07) is 4.14. The second-order valence-corrected chi connectivity index (χ2v) is 5.23. The van der Waals surface area contributed by atoms with Crippen molar-refractivity contribution in [1.82, 2.24) is 9.47 Å². The molecule has 2 heterocycles. The van der Waals surface area contributed by atoms with Gasteiger partial charge in [-0.05, 0) is 31.4 Å². The van der Waals surface area contributed by atoms with Crippen molar-refractivity contribution in [2.45, 2.75) is 37.5 Å². The summed E-state index contributed by atoms with van der Waals surface area (Å²) in [5.74, 6) is -0.0949. The van der Waals surface area contributed by atoms with Gasteiger partial charge in [0.2, 0.25) is 0 Å². The normalized spacial score (nSPS) is 28.4. The standard InChI is InChI=1S/C13H18N2O3/c16-11-7-14(8-12(11)17)13(18)10-5-2-6-15(10)9-3-1-4-9/h2,5-6,9,11-12,16-17H,1,3-4,7-8H2. The number of carbonyl (C=O) groups is 1. The van der Waals surface area contributed by atoms with Gasteiger partial charge in [0.25, 0.3) is 5.91 Å². The van der Waals surface area contributed by atoms with E-state index in [9.17, 15) is 15.0 Å². The fourth-order valence-corrected chi connectivity index (χ4v) is 2.66. The number of aliphatic hydroxyl groups excluding tert-OH is 2. The predicted octanol–water partition coefficient (Wildman–Crippen LogP) is 0.391. The van der Waals surface area contributed by atoms with Gasteiger partial charge in [0, 0.05) is 25.3 Å². The Morgan fingerprint density at radius 3 is 2.44 bits per heavy atom. The smallest absolute Gasteiger partial charge is 0.270 e. The summed E-state index contributed by atoms with van der Waals surface area (Å²) in [5, 5.41) is 19.0. The highest BCUT2D eigenvalue weighted by Gasteiger charge is 2.34. The Bertz CT molecular complexity index is 443. The molecule has 1 amide bonds. The van der Waals surface area contributed by atoms with Gasteiger partial charge in [-0.1, -0.05) is 0 Å². The van der Waals surface area contributed by atoms with E-state index in [1.165, 1.54) is 11.3 Å². The molecule has 1 aromatic rings. The van der Waals surface area contributed by atoms with Gasteiger partial charge in [0.05, 0.1) is 12.2 Å². The first-order chi connectivity index (χ1) is 8.66. The molecule has 1 aliphatic heterocycles. The monoisotopic (exact) mass is 250 g/mol. The Morgan fingerprint density at radius 2 is 1.89 bits per heavy atom. The van der Waals surface area contributed by atoms with Gasteiger partial charge in [0.15, 0.2) is 0 Å². The molecule has 5 heteroatoms. The first-order valence-electron chi connectivity index (χ1n) is 6.49. The van der Waals surface area contributed by atoms with Crippen LogP contribution in [0.15, 0.2) is 18.3 Å². The molecule has 1 saturated heterocycles. The number of aromatic nitrogens is 1. The van der Waals surface area contributed by atoms with Crippen molar-refractivity contribution in [3.8, 4) is 0 Å². The van der Waals surface area contributed by atoms with Crippen molar-refractivity contribution in [3.63, 3.8) is 0 Å². The fourth-order valence-electron chi connectivity index (χ4n) is 2.66. The first-order valence-corrected chi connectivity index (χ1v) is 6.49. The topological polar surface area (TPSA) is 65.7 Å². The first kappa shape index (κ1) is 11.7. The Balaban J connectivity index is 1.78. The third-order valence-electron chi connectivity index (χ3n) is 4.01. The summed E-state index contributed by atoms with van der Waals surface area (Å²) >= 11 is 0. The number of hydrogen-bond donors (Lipinski definition) is 2. The van der Waals surface area contributed by atoms with E-state index in [4.69, 9.17) is 0 Å². The van der Waals surface area contributed by atoms with E-state index in [1.807, 2.05) is 22.9 Å². The second kappa shape index (κ2) is 4.40. The molecule has 1 aromatic heterocycles. The number of amides is 1. The zero-order valence-electron chi connectivity index (χ0n) is 10.2. The molecule has 0 spiro atoms. The SMILES string of the molecule is O=C(c1cccn1C1CCC1)N1CC(O)C(O)C1. The number of carbonyl (C=O) groups excluding carboxylic acids is 1. The highest BCUT2D eigenvalue weighted by Crippen LogP contribution is 2.33. The second-order valence-electron chi connectivity index (χ2n) is 5.23. The summed E-state index contributed by atoms with van der Waals surface area (Å²) in [7, 11) is 0.